The number of nitrogens with zero attached hydrogens (tertiary/aromatic N) is 4. The molecule has 1 atom stereocenters. The zero-order valence-electron chi connectivity index (χ0n) is 16.9. The Bertz CT molecular complexity index is 1040. The van der Waals surface area contributed by atoms with Crippen molar-refractivity contribution in [2.45, 2.75) is 52.6 Å². The number of nitrogens with one attached hydrogen (secondary N) is 1. The van der Waals surface area contributed by atoms with Crippen molar-refractivity contribution in [1.82, 2.24) is 19.6 Å². The molecular formula is C19H26ClN5O3S. The van der Waals surface area contributed by atoms with Gasteiger partial charge >= 0.3 is 0 Å². The van der Waals surface area contributed by atoms with E-state index in [1.165, 1.54) is 6.08 Å². The highest BCUT2D eigenvalue weighted by Gasteiger charge is 2.31. The summed E-state index contributed by atoms with van der Waals surface area (Å²) in [7, 11) is -3.05. The number of hydrogen-bond donors (Lipinski definition) is 1. The normalized spacial score (nSPS) is 18.6. The van der Waals surface area contributed by atoms with Gasteiger partial charge in [0.25, 0.3) is 0 Å². The number of carbonyl (C=O) groups excluding carboxylic acids is 1. The van der Waals surface area contributed by atoms with Crippen molar-refractivity contribution in [1.29, 1.82) is 0 Å². The second-order valence-electron chi connectivity index (χ2n) is 7.36. The largest absolute Gasteiger partial charge is 0.307 e. The minimum Gasteiger partial charge on any atom is -0.307 e. The number of hydrogen-bond acceptors (Lipinski definition) is 5. The first-order valence-corrected chi connectivity index (χ1v) is 11.9. The van der Waals surface area contributed by atoms with Crippen LogP contribution < -0.4 is 5.32 Å². The van der Waals surface area contributed by atoms with Crippen LogP contribution in [-0.2, 0) is 21.2 Å². The molecule has 0 aromatic carbocycles. The lowest BCUT2D eigenvalue weighted by Gasteiger charge is -2.13. The van der Waals surface area contributed by atoms with E-state index in [1.54, 1.807) is 28.4 Å². The molecule has 0 bridgehead atoms. The summed E-state index contributed by atoms with van der Waals surface area (Å²) in [6.45, 7) is 6.49. The van der Waals surface area contributed by atoms with Crippen molar-refractivity contribution in [3.05, 3.63) is 34.2 Å². The predicted octanol–water partition coefficient (Wildman–Crippen LogP) is 3.16. The second-order valence-corrected chi connectivity index (χ2v) is 9.95. The number of unbranched alkanes of at least 4 members (excludes halogenated alkanes) is 1. The maximum Gasteiger partial charge on any atom is 0.249 e. The van der Waals surface area contributed by atoms with E-state index >= 15 is 0 Å². The van der Waals surface area contributed by atoms with Gasteiger partial charge in [-0.05, 0) is 32.8 Å². The van der Waals surface area contributed by atoms with Gasteiger partial charge in [-0.15, -0.1) is 0 Å². The highest BCUT2D eigenvalue weighted by atomic mass is 35.5. The van der Waals surface area contributed by atoms with Crippen LogP contribution >= 0.6 is 11.6 Å². The summed E-state index contributed by atoms with van der Waals surface area (Å²) in [5, 5.41) is 12.1. The molecule has 8 nitrogen and oxygen atoms in total. The van der Waals surface area contributed by atoms with Crippen LogP contribution in [0.3, 0.4) is 0 Å². The summed E-state index contributed by atoms with van der Waals surface area (Å²) in [6.07, 6.45) is 5.56. The van der Waals surface area contributed by atoms with Crippen LogP contribution in [0.5, 0.6) is 0 Å². The predicted molar refractivity (Wildman–Crippen MR) is 114 cm³/mol. The Morgan fingerprint density at radius 1 is 1.38 bits per heavy atom. The van der Waals surface area contributed by atoms with Crippen LogP contribution in [0.15, 0.2) is 12.1 Å². The Balaban J connectivity index is 1.73. The molecule has 0 radical (unpaired) electrons. The topological polar surface area (TPSA) is 98.9 Å². The minimum absolute atomic E-state index is 0.0403. The third-order valence-electron chi connectivity index (χ3n) is 4.90. The molecule has 3 heterocycles. The summed E-state index contributed by atoms with van der Waals surface area (Å²) in [5.74, 6) is 0.326. The van der Waals surface area contributed by atoms with Crippen molar-refractivity contribution in [3.63, 3.8) is 0 Å². The van der Waals surface area contributed by atoms with Crippen LogP contribution in [0.25, 0.3) is 6.08 Å². The molecule has 0 saturated carbocycles. The van der Waals surface area contributed by atoms with Crippen LogP contribution in [0, 0.1) is 13.8 Å². The number of aromatic nitrogens is 4. The molecule has 1 amide bonds. The fourth-order valence-corrected chi connectivity index (χ4v) is 5.41. The van der Waals surface area contributed by atoms with Gasteiger partial charge in [-0.25, -0.2) is 13.1 Å². The van der Waals surface area contributed by atoms with E-state index in [4.69, 9.17) is 11.6 Å². The van der Waals surface area contributed by atoms with Gasteiger partial charge in [0, 0.05) is 24.3 Å². The zero-order chi connectivity index (χ0) is 21.2. The fourth-order valence-electron chi connectivity index (χ4n) is 3.40. The van der Waals surface area contributed by atoms with E-state index in [9.17, 15) is 13.2 Å². The van der Waals surface area contributed by atoms with Gasteiger partial charge in [0.15, 0.2) is 9.84 Å². The van der Waals surface area contributed by atoms with Crippen molar-refractivity contribution < 1.29 is 13.2 Å². The number of aryl methyl sites for hydroxylation is 3. The number of sulfone groups is 1. The molecule has 0 spiro atoms. The van der Waals surface area contributed by atoms with Gasteiger partial charge in [0.05, 0.1) is 28.9 Å². The molecule has 1 aliphatic heterocycles. The summed E-state index contributed by atoms with van der Waals surface area (Å²) in [5.41, 5.74) is 2.18. The van der Waals surface area contributed by atoms with Crippen molar-refractivity contribution in [2.75, 3.05) is 16.8 Å². The average Bonchev–Trinajstić information content (AvgIpc) is 3.27. The number of halogens is 1. The van der Waals surface area contributed by atoms with Gasteiger partial charge in [-0.2, -0.15) is 10.2 Å². The molecule has 1 saturated heterocycles. The fraction of sp³-hybridized carbons (Fsp3) is 0.526. The van der Waals surface area contributed by atoms with E-state index in [0.717, 1.165) is 25.1 Å². The quantitative estimate of drug-likeness (QED) is 0.668. The molecule has 3 rings (SSSR count). The lowest BCUT2D eigenvalue weighted by molar-refractivity contribution is -0.111. The maximum atomic E-state index is 12.5. The Labute approximate surface area is 175 Å². The molecular weight excluding hydrogens is 414 g/mol. The Morgan fingerprint density at radius 3 is 2.79 bits per heavy atom. The molecule has 2 aromatic heterocycles. The van der Waals surface area contributed by atoms with Crippen molar-refractivity contribution >= 4 is 39.2 Å². The van der Waals surface area contributed by atoms with Crippen molar-refractivity contribution in [3.8, 4) is 0 Å². The highest BCUT2D eigenvalue weighted by molar-refractivity contribution is 7.91. The highest BCUT2D eigenvalue weighted by Crippen LogP contribution is 2.27. The Hall–Kier alpha value is -2.13. The van der Waals surface area contributed by atoms with E-state index in [0.29, 0.717) is 28.6 Å². The first kappa shape index (κ1) is 21.6. The third-order valence-corrected chi connectivity index (χ3v) is 7.05. The lowest BCUT2D eigenvalue weighted by atomic mass is 10.2. The standard InChI is InChI=1S/C19H26ClN5O3S/c1-4-5-9-24-19(20)16(14(3)23-24)6-7-18(26)21-17-11-13(2)22-25(17)15-8-10-29(27,28)12-15/h6-7,11,15H,4-5,8-10,12H2,1-3H3,(H,21,26)/b7-6+. The lowest BCUT2D eigenvalue weighted by Crippen LogP contribution is -2.18. The Kier molecular flexibility index (Phi) is 6.48. The Morgan fingerprint density at radius 2 is 2.14 bits per heavy atom. The molecule has 2 aromatic rings. The number of rotatable bonds is 7. The summed E-state index contributed by atoms with van der Waals surface area (Å²) in [6, 6.07) is 1.47. The molecule has 29 heavy (non-hydrogen) atoms. The monoisotopic (exact) mass is 439 g/mol. The second kappa shape index (κ2) is 8.71. The average molecular weight is 440 g/mol. The van der Waals surface area contributed by atoms with Crippen LogP contribution in [0.2, 0.25) is 5.15 Å². The summed E-state index contributed by atoms with van der Waals surface area (Å²) < 4.78 is 26.9. The van der Waals surface area contributed by atoms with Crippen LogP contribution in [0.4, 0.5) is 5.82 Å². The molecule has 158 valence electrons. The summed E-state index contributed by atoms with van der Waals surface area (Å²) >= 11 is 6.40. The van der Waals surface area contributed by atoms with E-state index in [-0.39, 0.29) is 23.5 Å². The first-order valence-electron chi connectivity index (χ1n) is 9.68. The first-order chi connectivity index (χ1) is 13.7. The molecule has 0 aliphatic carbocycles. The van der Waals surface area contributed by atoms with Gasteiger partial charge < -0.3 is 5.32 Å². The van der Waals surface area contributed by atoms with Crippen molar-refractivity contribution in [2.24, 2.45) is 0 Å². The van der Waals surface area contributed by atoms with Crippen LogP contribution in [0.1, 0.15) is 49.2 Å². The molecule has 1 aliphatic rings. The van der Waals surface area contributed by atoms with Gasteiger partial charge in [0.1, 0.15) is 11.0 Å². The molecule has 10 heteroatoms. The zero-order valence-corrected chi connectivity index (χ0v) is 18.4. The number of anilines is 1. The summed E-state index contributed by atoms with van der Waals surface area (Å²) in [4.78, 5) is 12.5. The number of carbonyl (C=O) groups is 1. The third kappa shape index (κ3) is 5.08. The number of amides is 1. The van der Waals surface area contributed by atoms with Gasteiger partial charge in [0.2, 0.25) is 5.91 Å². The minimum atomic E-state index is -3.05. The van der Waals surface area contributed by atoms with E-state index in [2.05, 4.69) is 22.4 Å². The molecule has 1 unspecified atom stereocenters. The van der Waals surface area contributed by atoms with Crippen LogP contribution in [-0.4, -0.2) is 45.4 Å². The molecule has 1 N–H and O–H groups in total. The smallest absolute Gasteiger partial charge is 0.249 e. The van der Waals surface area contributed by atoms with E-state index < -0.39 is 9.84 Å². The maximum absolute atomic E-state index is 12.5. The molecule has 1 fully saturated rings. The van der Waals surface area contributed by atoms with E-state index in [1.807, 2.05) is 6.92 Å². The van der Waals surface area contributed by atoms with Gasteiger partial charge in [-0.3, -0.25) is 9.48 Å². The van der Waals surface area contributed by atoms with Gasteiger partial charge in [-0.1, -0.05) is 24.9 Å². The SMILES string of the molecule is CCCCn1nc(C)c(/C=C/C(=O)Nc2cc(C)nn2C2CCS(=O)(=O)C2)c1Cl.